The van der Waals surface area contributed by atoms with Crippen LogP contribution in [0.1, 0.15) is 32.6 Å². The summed E-state index contributed by atoms with van der Waals surface area (Å²) in [5, 5.41) is 0. The van der Waals surface area contributed by atoms with Crippen LogP contribution in [0.3, 0.4) is 0 Å². The Balaban J connectivity index is 2.26. The smallest absolute Gasteiger partial charge is 0.275 e. The molecule has 112 valence electrons. The van der Waals surface area contributed by atoms with Gasteiger partial charge < -0.3 is 0 Å². The van der Waals surface area contributed by atoms with Gasteiger partial charge in [0.2, 0.25) is 0 Å². The number of carbonyl (C=O) groups is 2. The van der Waals surface area contributed by atoms with E-state index in [4.69, 9.17) is 0 Å². The number of unbranched alkanes of at least 4 members (excludes halogenated alkanes) is 2. The number of carbonyl (C=O) groups excluding carboxylic acids is 2. The second-order valence-corrected chi connectivity index (χ2v) is 4.95. The minimum Gasteiger partial charge on any atom is -0.275 e. The van der Waals surface area contributed by atoms with Crippen LogP contribution in [0, 0.1) is 5.92 Å². The van der Waals surface area contributed by atoms with Crippen molar-refractivity contribution in [2.45, 2.75) is 38.8 Å². The molecule has 0 saturated carbocycles. The number of hydrogen-bond donors (Lipinski definition) is 0. The maximum absolute atomic E-state index is 12.7. The number of rotatable bonds is 7. The van der Waals surface area contributed by atoms with Gasteiger partial charge in [-0.3, -0.25) is 14.5 Å². The van der Waals surface area contributed by atoms with Crippen LogP contribution in [0.15, 0.2) is 24.3 Å². The van der Waals surface area contributed by atoms with Crippen molar-refractivity contribution in [2.24, 2.45) is 5.92 Å². The van der Waals surface area contributed by atoms with Gasteiger partial charge in [-0.15, -0.1) is 0 Å². The number of halogens is 3. The highest BCUT2D eigenvalue weighted by molar-refractivity contribution is 6.12. The predicted molar refractivity (Wildman–Crippen MR) is 68.7 cm³/mol. The first-order valence-corrected chi connectivity index (χ1v) is 6.49. The molecule has 6 heteroatoms. The van der Waals surface area contributed by atoms with Gasteiger partial charge in [0.05, 0.1) is 5.92 Å². The number of hydrogen-bond acceptors (Lipinski definition) is 2. The molecule has 1 atom stereocenters. The van der Waals surface area contributed by atoms with Gasteiger partial charge in [-0.25, -0.2) is 0 Å². The lowest BCUT2D eigenvalue weighted by molar-refractivity contribution is -0.165. The Labute approximate surface area is 116 Å². The highest BCUT2D eigenvalue weighted by Gasteiger charge is 2.39. The Morgan fingerprint density at radius 1 is 1.20 bits per heavy atom. The van der Waals surface area contributed by atoms with Crippen molar-refractivity contribution in [3.8, 4) is 0 Å². The van der Waals surface area contributed by atoms with Crippen molar-refractivity contribution in [3.63, 3.8) is 0 Å². The molecule has 0 aromatic heterocycles. The predicted octanol–water partition coefficient (Wildman–Crippen LogP) is 3.23. The fraction of sp³-hybridized carbons (Fsp3) is 0.571. The van der Waals surface area contributed by atoms with Gasteiger partial charge in [0, 0.05) is 18.7 Å². The number of nitrogens with zero attached hydrogens (tertiary/aromatic N) is 1. The molecule has 1 unspecified atom stereocenters. The second-order valence-electron chi connectivity index (χ2n) is 4.95. The van der Waals surface area contributed by atoms with Gasteiger partial charge >= 0.3 is 6.18 Å². The van der Waals surface area contributed by atoms with Crippen LogP contribution in [-0.2, 0) is 9.59 Å². The van der Waals surface area contributed by atoms with E-state index in [1.54, 1.807) is 0 Å². The Bertz CT molecular complexity index is 409. The number of allylic oxidation sites excluding steroid dienone is 1. The van der Waals surface area contributed by atoms with Crippen molar-refractivity contribution in [2.75, 3.05) is 6.54 Å². The first kappa shape index (κ1) is 16.5. The molecule has 0 aliphatic carbocycles. The molecule has 0 saturated heterocycles. The van der Waals surface area contributed by atoms with Crippen LogP contribution in [0.4, 0.5) is 13.2 Å². The zero-order valence-corrected chi connectivity index (χ0v) is 11.4. The molecular weight excluding hydrogens is 271 g/mol. The van der Waals surface area contributed by atoms with E-state index >= 15 is 0 Å². The summed E-state index contributed by atoms with van der Waals surface area (Å²) < 4.78 is 38.0. The van der Waals surface area contributed by atoms with Crippen LogP contribution in [-0.4, -0.2) is 29.4 Å². The zero-order valence-electron chi connectivity index (χ0n) is 11.4. The minimum atomic E-state index is -4.25. The molecular formula is C14H18F3NO2. The molecule has 20 heavy (non-hydrogen) atoms. The molecule has 0 fully saturated rings. The first-order valence-electron chi connectivity index (χ1n) is 6.49. The van der Waals surface area contributed by atoms with Gasteiger partial charge in [-0.1, -0.05) is 25.0 Å². The summed E-state index contributed by atoms with van der Waals surface area (Å²) in [6.07, 6.45) is -0.417. The normalized spacial score (nSPS) is 16.9. The van der Waals surface area contributed by atoms with Gasteiger partial charge in [-0.05, 0) is 19.8 Å². The van der Waals surface area contributed by atoms with E-state index in [0.29, 0.717) is 19.3 Å². The van der Waals surface area contributed by atoms with Crippen molar-refractivity contribution >= 4 is 11.8 Å². The van der Waals surface area contributed by atoms with Crippen molar-refractivity contribution < 1.29 is 22.8 Å². The molecule has 1 rings (SSSR count). The average Bonchev–Trinajstić information content (AvgIpc) is 2.62. The largest absolute Gasteiger partial charge is 0.395 e. The van der Waals surface area contributed by atoms with Gasteiger partial charge in [-0.2, -0.15) is 13.2 Å². The van der Waals surface area contributed by atoms with E-state index in [-0.39, 0.29) is 30.4 Å². The van der Waals surface area contributed by atoms with Gasteiger partial charge in [0.25, 0.3) is 11.8 Å². The first-order chi connectivity index (χ1) is 9.23. The molecule has 2 amide bonds. The lowest BCUT2D eigenvalue weighted by Crippen LogP contribution is -2.30. The quantitative estimate of drug-likeness (QED) is 0.410. The lowest BCUT2D eigenvalue weighted by atomic mass is 9.94. The molecule has 1 aliphatic rings. The monoisotopic (exact) mass is 289 g/mol. The maximum Gasteiger partial charge on any atom is 0.395 e. The third-order valence-corrected chi connectivity index (χ3v) is 3.27. The maximum atomic E-state index is 12.7. The number of alkyl halides is 3. The van der Waals surface area contributed by atoms with E-state index in [9.17, 15) is 22.8 Å². The molecule has 0 radical (unpaired) electrons. The fourth-order valence-corrected chi connectivity index (χ4v) is 2.14. The molecule has 1 heterocycles. The SMILES string of the molecule is C=C(C)C(CCCCCN1C(=O)C=CC1=O)C(F)(F)F. The Hall–Kier alpha value is -1.59. The fourth-order valence-electron chi connectivity index (χ4n) is 2.14. The average molecular weight is 289 g/mol. The summed E-state index contributed by atoms with van der Waals surface area (Å²) in [5.74, 6) is -2.19. The number of amides is 2. The minimum absolute atomic E-state index is 0.00102. The molecule has 0 aromatic carbocycles. The molecule has 3 nitrogen and oxygen atoms in total. The summed E-state index contributed by atoms with van der Waals surface area (Å²) in [4.78, 5) is 23.6. The Morgan fingerprint density at radius 3 is 2.20 bits per heavy atom. The molecule has 0 bridgehead atoms. The highest BCUT2D eigenvalue weighted by atomic mass is 19.4. The van der Waals surface area contributed by atoms with Gasteiger partial charge in [0.15, 0.2) is 0 Å². The second kappa shape index (κ2) is 6.72. The Morgan fingerprint density at radius 2 is 1.75 bits per heavy atom. The van der Waals surface area contributed by atoms with Crippen molar-refractivity contribution in [3.05, 3.63) is 24.3 Å². The summed E-state index contributed by atoms with van der Waals surface area (Å²) in [7, 11) is 0. The van der Waals surface area contributed by atoms with E-state index in [1.807, 2.05) is 0 Å². The summed E-state index contributed by atoms with van der Waals surface area (Å²) in [6, 6.07) is 0. The van der Waals surface area contributed by atoms with Crippen LogP contribution in [0.2, 0.25) is 0 Å². The molecule has 0 spiro atoms. The Kier molecular flexibility index (Phi) is 5.53. The van der Waals surface area contributed by atoms with Crippen molar-refractivity contribution in [1.29, 1.82) is 0 Å². The third-order valence-electron chi connectivity index (χ3n) is 3.27. The highest BCUT2D eigenvalue weighted by Crippen LogP contribution is 2.34. The summed E-state index contributed by atoms with van der Waals surface area (Å²) in [6.45, 7) is 5.02. The van der Waals surface area contributed by atoms with Crippen molar-refractivity contribution in [1.82, 2.24) is 4.90 Å². The molecule has 1 aliphatic heterocycles. The van der Waals surface area contributed by atoms with Crippen LogP contribution in [0.25, 0.3) is 0 Å². The van der Waals surface area contributed by atoms with E-state index < -0.39 is 12.1 Å². The standard InChI is InChI=1S/C14H18F3NO2/c1-10(2)11(14(15,16)17)6-4-3-5-9-18-12(19)7-8-13(18)20/h7-8,11H,1,3-6,9H2,2H3. The van der Waals surface area contributed by atoms with Crippen LogP contribution >= 0.6 is 0 Å². The topological polar surface area (TPSA) is 37.4 Å². The van der Waals surface area contributed by atoms with E-state index in [0.717, 1.165) is 4.90 Å². The van der Waals surface area contributed by atoms with E-state index in [2.05, 4.69) is 6.58 Å². The third kappa shape index (κ3) is 4.51. The van der Waals surface area contributed by atoms with E-state index in [1.165, 1.54) is 19.1 Å². The van der Waals surface area contributed by atoms with Gasteiger partial charge in [0.1, 0.15) is 0 Å². The summed E-state index contributed by atoms with van der Waals surface area (Å²) >= 11 is 0. The number of imide groups is 1. The van der Waals surface area contributed by atoms with Crippen LogP contribution in [0.5, 0.6) is 0 Å². The zero-order chi connectivity index (χ0) is 15.3. The molecule has 0 aromatic rings. The van der Waals surface area contributed by atoms with Crippen LogP contribution < -0.4 is 0 Å². The summed E-state index contributed by atoms with van der Waals surface area (Å²) in [5.41, 5.74) is 0.117. The lowest BCUT2D eigenvalue weighted by Gasteiger charge is -2.20. The molecule has 0 N–H and O–H groups in total.